The Kier molecular flexibility index (Phi) is 4.39. The van der Waals surface area contributed by atoms with Gasteiger partial charge >= 0.3 is 12.0 Å². The van der Waals surface area contributed by atoms with Crippen LogP contribution in [0.2, 0.25) is 0 Å². The van der Waals surface area contributed by atoms with Gasteiger partial charge in [-0.1, -0.05) is 0 Å². The summed E-state index contributed by atoms with van der Waals surface area (Å²) in [5, 5.41) is 11.9. The highest BCUT2D eigenvalue weighted by Crippen LogP contribution is 2.36. The Hall–Kier alpha value is -1.40. The lowest BCUT2D eigenvalue weighted by Crippen LogP contribution is -2.43. The van der Waals surface area contributed by atoms with E-state index in [4.69, 9.17) is 5.11 Å². The summed E-state index contributed by atoms with van der Waals surface area (Å²) in [4.78, 5) is 24.6. The molecule has 1 aliphatic heterocycles. The van der Waals surface area contributed by atoms with Crippen molar-refractivity contribution in [2.45, 2.75) is 45.0 Å². The molecule has 120 valence electrons. The number of urea groups is 1. The summed E-state index contributed by atoms with van der Waals surface area (Å²) >= 11 is 0. The third kappa shape index (κ3) is 3.83. The first-order chi connectivity index (χ1) is 9.72. The van der Waals surface area contributed by atoms with Crippen molar-refractivity contribution in [2.75, 3.05) is 19.6 Å². The molecule has 0 aromatic rings. The highest BCUT2D eigenvalue weighted by molar-refractivity contribution is 5.79. The maximum Gasteiger partial charge on any atom is 0.317 e. The molecule has 0 aromatic heterocycles. The minimum Gasteiger partial charge on any atom is -0.481 e. The molecule has 2 rings (SSSR count). The van der Waals surface area contributed by atoms with Gasteiger partial charge in [-0.25, -0.2) is 13.6 Å². The molecule has 1 saturated heterocycles. The molecule has 0 spiro atoms. The zero-order chi connectivity index (χ0) is 15.7. The Labute approximate surface area is 122 Å². The number of likely N-dealkylation sites (tertiary alicyclic amines) is 1. The number of hydrogen-bond donors (Lipinski definition) is 2. The minimum absolute atomic E-state index is 0.0852. The van der Waals surface area contributed by atoms with Crippen LogP contribution in [0.25, 0.3) is 0 Å². The van der Waals surface area contributed by atoms with E-state index in [1.807, 2.05) is 0 Å². The molecule has 2 amide bonds. The van der Waals surface area contributed by atoms with E-state index in [-0.39, 0.29) is 31.3 Å². The van der Waals surface area contributed by atoms with Gasteiger partial charge in [0.05, 0.1) is 5.41 Å². The highest BCUT2D eigenvalue weighted by Gasteiger charge is 2.42. The average molecular weight is 304 g/mol. The standard InChI is InChI=1S/C14H22F2N2O3/c1-13(11(19)20)6-7-18(9-13)12(21)17-8-10-2-4-14(15,16)5-3-10/h10H,2-9H2,1H3,(H,17,21)(H,19,20). The number of amides is 2. The van der Waals surface area contributed by atoms with Crippen molar-refractivity contribution in [2.24, 2.45) is 11.3 Å². The lowest BCUT2D eigenvalue weighted by molar-refractivity contribution is -0.147. The van der Waals surface area contributed by atoms with Gasteiger partial charge in [0.2, 0.25) is 5.92 Å². The molecule has 1 aliphatic carbocycles. The van der Waals surface area contributed by atoms with Gasteiger partial charge in [0.25, 0.3) is 0 Å². The predicted octanol–water partition coefficient (Wildman–Crippen LogP) is 2.32. The first kappa shape index (κ1) is 16.0. The number of nitrogens with zero attached hydrogens (tertiary/aromatic N) is 1. The fourth-order valence-corrected chi connectivity index (χ4v) is 2.96. The number of carboxylic acids is 1. The second-order valence-corrected chi connectivity index (χ2v) is 6.52. The maximum atomic E-state index is 13.0. The molecule has 2 N–H and O–H groups in total. The lowest BCUT2D eigenvalue weighted by atomic mass is 9.87. The van der Waals surface area contributed by atoms with Crippen LogP contribution in [0.1, 0.15) is 39.0 Å². The van der Waals surface area contributed by atoms with Gasteiger partial charge in [0, 0.05) is 32.5 Å². The third-order valence-corrected chi connectivity index (χ3v) is 4.66. The number of aliphatic carboxylic acids is 1. The normalized spacial score (nSPS) is 29.4. The topological polar surface area (TPSA) is 69.6 Å². The molecule has 1 saturated carbocycles. The quantitative estimate of drug-likeness (QED) is 0.840. The zero-order valence-corrected chi connectivity index (χ0v) is 12.2. The van der Waals surface area contributed by atoms with E-state index in [0.29, 0.717) is 32.4 Å². The van der Waals surface area contributed by atoms with Crippen LogP contribution in [0.15, 0.2) is 0 Å². The summed E-state index contributed by atoms with van der Waals surface area (Å²) in [5.41, 5.74) is -0.885. The van der Waals surface area contributed by atoms with Crippen molar-refractivity contribution in [3.63, 3.8) is 0 Å². The number of rotatable bonds is 3. The summed E-state index contributed by atoms with van der Waals surface area (Å²) < 4.78 is 26.1. The number of alkyl halides is 2. The van der Waals surface area contributed by atoms with E-state index < -0.39 is 17.3 Å². The van der Waals surface area contributed by atoms with Crippen molar-refractivity contribution in [3.8, 4) is 0 Å². The number of hydrogen-bond acceptors (Lipinski definition) is 2. The summed E-state index contributed by atoms with van der Waals surface area (Å²) in [5.74, 6) is -3.37. The van der Waals surface area contributed by atoms with Crippen molar-refractivity contribution in [1.82, 2.24) is 10.2 Å². The van der Waals surface area contributed by atoms with Crippen LogP contribution in [0, 0.1) is 11.3 Å². The van der Waals surface area contributed by atoms with E-state index in [0.717, 1.165) is 0 Å². The van der Waals surface area contributed by atoms with Gasteiger partial charge in [0.1, 0.15) is 0 Å². The Morgan fingerprint density at radius 3 is 2.43 bits per heavy atom. The number of carbonyl (C=O) groups excluding carboxylic acids is 1. The van der Waals surface area contributed by atoms with Gasteiger partial charge in [-0.2, -0.15) is 0 Å². The molecular formula is C14H22F2N2O3. The molecule has 2 fully saturated rings. The number of nitrogens with one attached hydrogen (secondary N) is 1. The molecule has 7 heteroatoms. The number of carboxylic acid groups (broad SMARTS) is 1. The third-order valence-electron chi connectivity index (χ3n) is 4.66. The molecular weight excluding hydrogens is 282 g/mol. The van der Waals surface area contributed by atoms with E-state index >= 15 is 0 Å². The van der Waals surface area contributed by atoms with Crippen LogP contribution >= 0.6 is 0 Å². The summed E-state index contributed by atoms with van der Waals surface area (Å²) in [6.07, 6.45) is 1.04. The van der Waals surface area contributed by atoms with Crippen molar-refractivity contribution in [1.29, 1.82) is 0 Å². The Morgan fingerprint density at radius 2 is 1.90 bits per heavy atom. The molecule has 1 unspecified atom stereocenters. The molecule has 0 bridgehead atoms. The molecule has 21 heavy (non-hydrogen) atoms. The second kappa shape index (κ2) is 5.77. The summed E-state index contributed by atoms with van der Waals surface area (Å²) in [7, 11) is 0. The smallest absolute Gasteiger partial charge is 0.317 e. The van der Waals surface area contributed by atoms with Gasteiger partial charge in [-0.05, 0) is 32.1 Å². The van der Waals surface area contributed by atoms with Crippen LogP contribution < -0.4 is 5.32 Å². The van der Waals surface area contributed by atoms with Crippen molar-refractivity contribution >= 4 is 12.0 Å². The molecule has 1 heterocycles. The fourth-order valence-electron chi connectivity index (χ4n) is 2.96. The van der Waals surface area contributed by atoms with E-state index in [1.54, 1.807) is 6.92 Å². The lowest BCUT2D eigenvalue weighted by Gasteiger charge is -2.29. The van der Waals surface area contributed by atoms with E-state index in [2.05, 4.69) is 5.32 Å². The van der Waals surface area contributed by atoms with Crippen LogP contribution in [0.4, 0.5) is 13.6 Å². The fraction of sp³-hybridized carbons (Fsp3) is 0.857. The minimum atomic E-state index is -2.56. The van der Waals surface area contributed by atoms with Crippen molar-refractivity contribution in [3.05, 3.63) is 0 Å². The van der Waals surface area contributed by atoms with Gasteiger partial charge in [0.15, 0.2) is 0 Å². The molecule has 0 radical (unpaired) electrons. The number of halogens is 2. The van der Waals surface area contributed by atoms with E-state index in [1.165, 1.54) is 4.90 Å². The second-order valence-electron chi connectivity index (χ2n) is 6.52. The van der Waals surface area contributed by atoms with Gasteiger partial charge in [-0.3, -0.25) is 4.79 Å². The average Bonchev–Trinajstić information content (AvgIpc) is 2.81. The molecule has 2 aliphatic rings. The van der Waals surface area contributed by atoms with Crippen molar-refractivity contribution < 1.29 is 23.5 Å². The van der Waals surface area contributed by atoms with Gasteiger partial charge in [-0.15, -0.1) is 0 Å². The number of carbonyl (C=O) groups is 2. The van der Waals surface area contributed by atoms with E-state index in [9.17, 15) is 18.4 Å². The first-order valence-electron chi connectivity index (χ1n) is 7.36. The highest BCUT2D eigenvalue weighted by atomic mass is 19.3. The summed E-state index contributed by atoms with van der Waals surface area (Å²) in [6, 6.07) is -0.294. The Morgan fingerprint density at radius 1 is 1.29 bits per heavy atom. The van der Waals surface area contributed by atoms with Crippen LogP contribution in [0.3, 0.4) is 0 Å². The molecule has 5 nitrogen and oxygen atoms in total. The molecule has 1 atom stereocenters. The van der Waals surface area contributed by atoms with Crippen LogP contribution in [-0.4, -0.2) is 47.6 Å². The Balaban J connectivity index is 1.75. The SMILES string of the molecule is CC1(C(=O)O)CCN(C(=O)NCC2CCC(F)(F)CC2)C1. The zero-order valence-electron chi connectivity index (χ0n) is 12.2. The predicted molar refractivity (Wildman–Crippen MR) is 72.2 cm³/mol. The van der Waals surface area contributed by atoms with Crippen LogP contribution in [0.5, 0.6) is 0 Å². The molecule has 0 aromatic carbocycles. The monoisotopic (exact) mass is 304 g/mol. The largest absolute Gasteiger partial charge is 0.481 e. The summed E-state index contributed by atoms with van der Waals surface area (Å²) in [6.45, 7) is 2.62. The first-order valence-corrected chi connectivity index (χ1v) is 7.36. The Bertz CT molecular complexity index is 420. The van der Waals surface area contributed by atoms with Gasteiger partial charge < -0.3 is 15.3 Å². The van der Waals surface area contributed by atoms with Crippen LogP contribution in [-0.2, 0) is 4.79 Å². The maximum absolute atomic E-state index is 13.0.